The zero-order chi connectivity index (χ0) is 15.7. The van der Waals surface area contributed by atoms with Crippen molar-refractivity contribution in [2.45, 2.75) is 6.92 Å². The maximum atomic E-state index is 5.61. The number of methoxy groups -OCH3 is 1. The summed E-state index contributed by atoms with van der Waals surface area (Å²) >= 11 is 7.09. The molecule has 0 fully saturated rings. The van der Waals surface area contributed by atoms with Crippen LogP contribution in [0.25, 0.3) is 22.4 Å². The molecule has 0 aliphatic carbocycles. The van der Waals surface area contributed by atoms with E-state index < -0.39 is 0 Å². The molecule has 0 atom stereocenters. The van der Waals surface area contributed by atoms with Crippen molar-refractivity contribution in [2.75, 3.05) is 13.7 Å². The van der Waals surface area contributed by atoms with Gasteiger partial charge in [-0.1, -0.05) is 0 Å². The summed E-state index contributed by atoms with van der Waals surface area (Å²) in [6.45, 7) is 2.57. The Morgan fingerprint density at radius 3 is 2.50 bits per heavy atom. The Bertz CT molecular complexity index is 807. The molecule has 0 unspecified atom stereocenters. The van der Waals surface area contributed by atoms with Gasteiger partial charge in [-0.25, -0.2) is 4.98 Å². The summed E-state index contributed by atoms with van der Waals surface area (Å²) in [5.74, 6) is 2.40. The normalized spacial score (nSPS) is 10.9. The average Bonchev–Trinajstić information content (AvgIpc) is 2.93. The molecular formula is C16H14Br2N2O2. The van der Waals surface area contributed by atoms with Crippen molar-refractivity contribution in [1.82, 2.24) is 9.97 Å². The fraction of sp³-hybridized carbons (Fsp3) is 0.188. The summed E-state index contributed by atoms with van der Waals surface area (Å²) in [4.78, 5) is 7.94. The number of H-pyrrole nitrogens is 1. The predicted molar refractivity (Wildman–Crippen MR) is 94.7 cm³/mol. The van der Waals surface area contributed by atoms with Crippen molar-refractivity contribution in [3.05, 3.63) is 39.3 Å². The first-order valence-electron chi connectivity index (χ1n) is 6.78. The standard InChI is InChI=1S/C16H14Br2N2O2/c1-3-22-15-11(17)6-9(7-12(15)18)16-19-13-5-4-10(21-2)8-14(13)20-16/h4-8H,3H2,1-2H3,(H,19,20). The lowest BCUT2D eigenvalue weighted by molar-refractivity contribution is 0.336. The monoisotopic (exact) mass is 424 g/mol. The van der Waals surface area contributed by atoms with E-state index in [9.17, 15) is 0 Å². The molecule has 1 N–H and O–H groups in total. The number of nitrogens with zero attached hydrogens (tertiary/aromatic N) is 1. The maximum Gasteiger partial charge on any atom is 0.147 e. The van der Waals surface area contributed by atoms with Crippen LogP contribution >= 0.6 is 31.9 Å². The van der Waals surface area contributed by atoms with Gasteiger partial charge in [0.2, 0.25) is 0 Å². The Morgan fingerprint density at radius 1 is 1.14 bits per heavy atom. The van der Waals surface area contributed by atoms with Gasteiger partial charge in [-0.2, -0.15) is 0 Å². The Morgan fingerprint density at radius 2 is 1.86 bits per heavy atom. The fourth-order valence-electron chi connectivity index (χ4n) is 2.23. The van der Waals surface area contributed by atoms with Gasteiger partial charge in [0.15, 0.2) is 0 Å². The topological polar surface area (TPSA) is 47.1 Å². The summed E-state index contributed by atoms with van der Waals surface area (Å²) in [5.41, 5.74) is 2.81. The minimum Gasteiger partial charge on any atom is -0.497 e. The van der Waals surface area contributed by atoms with Gasteiger partial charge in [-0.3, -0.25) is 0 Å². The molecule has 0 spiro atoms. The van der Waals surface area contributed by atoms with Crippen LogP contribution in [-0.4, -0.2) is 23.7 Å². The van der Waals surface area contributed by atoms with E-state index in [0.717, 1.165) is 42.9 Å². The molecule has 0 saturated heterocycles. The SMILES string of the molecule is CCOc1c(Br)cc(-c2nc3ccc(OC)cc3[nH]2)cc1Br. The van der Waals surface area contributed by atoms with E-state index in [1.54, 1.807) is 7.11 Å². The third-order valence-electron chi connectivity index (χ3n) is 3.25. The highest BCUT2D eigenvalue weighted by molar-refractivity contribution is 9.11. The van der Waals surface area contributed by atoms with E-state index in [1.807, 2.05) is 37.3 Å². The van der Waals surface area contributed by atoms with Gasteiger partial charge in [0.1, 0.15) is 17.3 Å². The van der Waals surface area contributed by atoms with Gasteiger partial charge < -0.3 is 14.5 Å². The smallest absolute Gasteiger partial charge is 0.147 e. The molecule has 0 saturated carbocycles. The highest BCUT2D eigenvalue weighted by atomic mass is 79.9. The third kappa shape index (κ3) is 2.85. The molecule has 1 heterocycles. The molecule has 1 aromatic heterocycles. The van der Waals surface area contributed by atoms with Gasteiger partial charge in [0.05, 0.1) is 33.7 Å². The van der Waals surface area contributed by atoms with Gasteiger partial charge in [-0.05, 0) is 63.0 Å². The maximum absolute atomic E-state index is 5.61. The number of benzene rings is 2. The van der Waals surface area contributed by atoms with Gasteiger partial charge >= 0.3 is 0 Å². The Labute approximate surface area is 145 Å². The number of ether oxygens (including phenoxy) is 2. The molecule has 3 rings (SSSR count). The Hall–Kier alpha value is -1.53. The van der Waals surface area contributed by atoms with Gasteiger partial charge in [0.25, 0.3) is 0 Å². The molecule has 0 bridgehead atoms. The molecule has 114 valence electrons. The van der Waals surface area contributed by atoms with E-state index in [-0.39, 0.29) is 0 Å². The van der Waals surface area contributed by atoms with Gasteiger partial charge in [-0.15, -0.1) is 0 Å². The van der Waals surface area contributed by atoms with Crippen LogP contribution in [0.4, 0.5) is 0 Å². The zero-order valence-electron chi connectivity index (χ0n) is 12.1. The van der Waals surface area contributed by atoms with Crippen LogP contribution in [0.15, 0.2) is 39.3 Å². The van der Waals surface area contributed by atoms with E-state index in [1.165, 1.54) is 0 Å². The second-order valence-corrected chi connectivity index (χ2v) is 6.38. The van der Waals surface area contributed by atoms with Crippen molar-refractivity contribution in [2.24, 2.45) is 0 Å². The molecule has 6 heteroatoms. The van der Waals surface area contributed by atoms with E-state index in [0.29, 0.717) is 6.61 Å². The number of aromatic amines is 1. The number of aromatic nitrogens is 2. The highest BCUT2D eigenvalue weighted by Crippen LogP contribution is 2.37. The van der Waals surface area contributed by atoms with Crippen LogP contribution in [0, 0.1) is 0 Å². The molecule has 22 heavy (non-hydrogen) atoms. The fourth-order valence-corrected chi connectivity index (χ4v) is 3.65. The van der Waals surface area contributed by atoms with Crippen molar-refractivity contribution in [3.63, 3.8) is 0 Å². The van der Waals surface area contributed by atoms with Crippen LogP contribution in [0.3, 0.4) is 0 Å². The number of hydrogen-bond acceptors (Lipinski definition) is 3. The number of nitrogens with one attached hydrogen (secondary N) is 1. The van der Waals surface area contributed by atoms with Gasteiger partial charge in [0, 0.05) is 11.6 Å². The van der Waals surface area contributed by atoms with E-state index >= 15 is 0 Å². The van der Waals surface area contributed by atoms with Crippen LogP contribution in [0.1, 0.15) is 6.92 Å². The Kier molecular flexibility index (Phi) is 4.40. The van der Waals surface area contributed by atoms with Crippen LogP contribution in [0.5, 0.6) is 11.5 Å². The second-order valence-electron chi connectivity index (χ2n) is 4.67. The van der Waals surface area contributed by atoms with Crippen LogP contribution in [-0.2, 0) is 0 Å². The minimum absolute atomic E-state index is 0.612. The lowest BCUT2D eigenvalue weighted by Crippen LogP contribution is -1.94. The number of halogens is 2. The summed E-state index contributed by atoms with van der Waals surface area (Å²) in [5, 5.41) is 0. The lowest BCUT2D eigenvalue weighted by atomic mass is 10.2. The first-order chi connectivity index (χ1) is 10.6. The van der Waals surface area contributed by atoms with E-state index in [2.05, 4.69) is 41.8 Å². The van der Waals surface area contributed by atoms with Crippen molar-refractivity contribution in [1.29, 1.82) is 0 Å². The molecule has 0 aliphatic heterocycles. The zero-order valence-corrected chi connectivity index (χ0v) is 15.3. The van der Waals surface area contributed by atoms with Crippen LogP contribution < -0.4 is 9.47 Å². The average molecular weight is 426 g/mol. The number of fused-ring (bicyclic) bond motifs is 1. The van der Waals surface area contributed by atoms with Crippen molar-refractivity contribution in [3.8, 4) is 22.9 Å². The molecule has 0 amide bonds. The number of rotatable bonds is 4. The van der Waals surface area contributed by atoms with Crippen molar-refractivity contribution < 1.29 is 9.47 Å². The highest BCUT2D eigenvalue weighted by Gasteiger charge is 2.12. The lowest BCUT2D eigenvalue weighted by Gasteiger charge is -2.09. The van der Waals surface area contributed by atoms with Crippen LogP contribution in [0.2, 0.25) is 0 Å². The molecule has 0 aliphatic rings. The summed E-state index contributed by atoms with van der Waals surface area (Å²) in [7, 11) is 1.65. The summed E-state index contributed by atoms with van der Waals surface area (Å²) < 4.78 is 12.6. The third-order valence-corrected chi connectivity index (χ3v) is 4.43. The van der Waals surface area contributed by atoms with E-state index in [4.69, 9.17) is 9.47 Å². The number of imidazole rings is 1. The summed E-state index contributed by atoms with van der Waals surface area (Å²) in [6, 6.07) is 9.75. The predicted octanol–water partition coefficient (Wildman–Crippen LogP) is 5.16. The molecule has 0 radical (unpaired) electrons. The van der Waals surface area contributed by atoms with Crippen molar-refractivity contribution >= 4 is 42.9 Å². The molecule has 3 aromatic rings. The molecular weight excluding hydrogens is 412 g/mol. The Balaban J connectivity index is 2.07. The first kappa shape index (κ1) is 15.4. The quantitative estimate of drug-likeness (QED) is 0.627. The molecule has 4 nitrogen and oxygen atoms in total. The first-order valence-corrected chi connectivity index (χ1v) is 8.37. The molecule has 2 aromatic carbocycles. The second kappa shape index (κ2) is 6.30. The summed E-state index contributed by atoms with van der Waals surface area (Å²) in [6.07, 6.45) is 0. The largest absolute Gasteiger partial charge is 0.497 e. The minimum atomic E-state index is 0.612. The number of hydrogen-bond donors (Lipinski definition) is 1.